The zero-order chi connectivity index (χ0) is 16.3. The van der Waals surface area contributed by atoms with Gasteiger partial charge in [0.15, 0.2) is 9.84 Å². The van der Waals surface area contributed by atoms with Crippen LogP contribution in [0.1, 0.15) is 64.7 Å². The normalized spacial score (nSPS) is 17.1. The second kappa shape index (κ2) is 11.0. The van der Waals surface area contributed by atoms with Crippen LogP contribution in [-0.2, 0) is 14.6 Å². The molecule has 130 valence electrons. The molecule has 0 atom stereocenters. The number of sulfone groups is 1. The number of carbonyl (C=O) groups excluding carboxylic acids is 1. The third-order valence-corrected chi connectivity index (χ3v) is 5.76. The zero-order valence-corrected chi connectivity index (χ0v) is 14.7. The molecule has 6 heteroatoms. The first-order chi connectivity index (χ1) is 10.5. The van der Waals surface area contributed by atoms with Crippen molar-refractivity contribution in [2.24, 2.45) is 0 Å². The number of unbranched alkanes of at least 4 members (excludes halogenated alkanes) is 2. The maximum absolute atomic E-state index is 11.8. The van der Waals surface area contributed by atoms with Crippen LogP contribution in [-0.4, -0.2) is 45.0 Å². The Balaban J connectivity index is 2.12. The second-order valence-corrected chi connectivity index (χ2v) is 8.48. The van der Waals surface area contributed by atoms with E-state index in [2.05, 4.69) is 10.6 Å². The number of hydrogen-bond acceptors (Lipinski definition) is 4. The maximum Gasteiger partial charge on any atom is 0.235 e. The smallest absolute Gasteiger partial charge is 0.235 e. The Morgan fingerprint density at radius 1 is 1.05 bits per heavy atom. The topological polar surface area (TPSA) is 75.3 Å². The summed E-state index contributed by atoms with van der Waals surface area (Å²) >= 11 is 0. The summed E-state index contributed by atoms with van der Waals surface area (Å²) in [5, 5.41) is 6.16. The summed E-state index contributed by atoms with van der Waals surface area (Å²) < 4.78 is 23.5. The number of rotatable bonds is 10. The number of nitrogens with one attached hydrogen (secondary N) is 2. The van der Waals surface area contributed by atoms with Crippen molar-refractivity contribution in [2.75, 3.05) is 24.6 Å². The molecule has 1 rings (SSSR count). The summed E-state index contributed by atoms with van der Waals surface area (Å²) in [6.45, 7) is 3.24. The van der Waals surface area contributed by atoms with Gasteiger partial charge in [-0.05, 0) is 19.3 Å². The Morgan fingerprint density at radius 3 is 2.36 bits per heavy atom. The molecule has 1 aliphatic carbocycles. The van der Waals surface area contributed by atoms with Crippen molar-refractivity contribution in [2.45, 2.75) is 70.8 Å². The van der Waals surface area contributed by atoms with Crippen LogP contribution in [0.15, 0.2) is 0 Å². The van der Waals surface area contributed by atoms with Crippen molar-refractivity contribution in [1.29, 1.82) is 0 Å². The predicted octanol–water partition coefficient (Wildman–Crippen LogP) is 2.02. The lowest BCUT2D eigenvalue weighted by Gasteiger charge is -2.16. The molecule has 0 aromatic carbocycles. The molecule has 0 unspecified atom stereocenters. The SMILES string of the molecule is CCCCCS(=O)(=O)CC(=O)NCCNC1CCCCCC1. The molecule has 2 N–H and O–H groups in total. The number of amides is 1. The van der Waals surface area contributed by atoms with Crippen LogP contribution in [0.2, 0.25) is 0 Å². The van der Waals surface area contributed by atoms with Gasteiger partial charge in [0.1, 0.15) is 5.75 Å². The van der Waals surface area contributed by atoms with E-state index in [0.29, 0.717) is 25.6 Å². The summed E-state index contributed by atoms with van der Waals surface area (Å²) in [6, 6.07) is 0.553. The van der Waals surface area contributed by atoms with E-state index in [4.69, 9.17) is 0 Å². The average Bonchev–Trinajstić information content (AvgIpc) is 2.72. The fourth-order valence-electron chi connectivity index (χ4n) is 2.86. The van der Waals surface area contributed by atoms with Crippen LogP contribution in [0.4, 0.5) is 0 Å². The third kappa shape index (κ3) is 9.41. The van der Waals surface area contributed by atoms with Crippen LogP contribution in [0.3, 0.4) is 0 Å². The minimum atomic E-state index is -3.25. The third-order valence-electron chi connectivity index (χ3n) is 4.15. The van der Waals surface area contributed by atoms with Gasteiger partial charge in [0.05, 0.1) is 5.75 Å². The first-order valence-electron chi connectivity index (χ1n) is 8.74. The molecule has 22 heavy (non-hydrogen) atoms. The Kier molecular flexibility index (Phi) is 9.71. The largest absolute Gasteiger partial charge is 0.354 e. The van der Waals surface area contributed by atoms with E-state index >= 15 is 0 Å². The van der Waals surface area contributed by atoms with Crippen LogP contribution in [0, 0.1) is 0 Å². The van der Waals surface area contributed by atoms with Crippen molar-refractivity contribution >= 4 is 15.7 Å². The molecular formula is C16H32N2O3S. The highest BCUT2D eigenvalue weighted by atomic mass is 32.2. The summed E-state index contributed by atoms with van der Waals surface area (Å²) in [5.74, 6) is -0.631. The van der Waals surface area contributed by atoms with Gasteiger partial charge in [-0.1, -0.05) is 45.4 Å². The fourth-order valence-corrected chi connectivity index (χ4v) is 4.15. The standard InChI is InChI=1S/C16H32N2O3S/c1-2-3-8-13-22(20,21)14-16(19)18-12-11-17-15-9-6-4-5-7-10-15/h15,17H,2-14H2,1H3,(H,18,19). The molecule has 0 aromatic heterocycles. The zero-order valence-electron chi connectivity index (χ0n) is 13.9. The lowest BCUT2D eigenvalue weighted by atomic mass is 10.1. The van der Waals surface area contributed by atoms with E-state index in [-0.39, 0.29) is 17.4 Å². The fraction of sp³-hybridized carbons (Fsp3) is 0.938. The quantitative estimate of drug-likeness (QED) is 0.474. The molecule has 1 saturated carbocycles. The van der Waals surface area contributed by atoms with E-state index in [1.807, 2.05) is 6.92 Å². The van der Waals surface area contributed by atoms with E-state index in [1.165, 1.54) is 38.5 Å². The van der Waals surface area contributed by atoms with Crippen LogP contribution < -0.4 is 10.6 Å². The average molecular weight is 333 g/mol. The molecule has 0 aromatic rings. The molecule has 1 amide bonds. The van der Waals surface area contributed by atoms with Gasteiger partial charge in [-0.25, -0.2) is 8.42 Å². The first-order valence-corrected chi connectivity index (χ1v) is 10.6. The monoisotopic (exact) mass is 332 g/mol. The van der Waals surface area contributed by atoms with Gasteiger partial charge in [0, 0.05) is 19.1 Å². The summed E-state index contributed by atoms with van der Waals surface area (Å²) in [5.41, 5.74) is 0. The molecule has 0 radical (unpaired) electrons. The van der Waals surface area contributed by atoms with Crippen molar-refractivity contribution in [3.8, 4) is 0 Å². The Labute approximate surface area is 135 Å². The van der Waals surface area contributed by atoms with Gasteiger partial charge in [0.25, 0.3) is 0 Å². The highest BCUT2D eigenvalue weighted by Crippen LogP contribution is 2.16. The second-order valence-electron chi connectivity index (χ2n) is 6.29. The molecule has 0 aliphatic heterocycles. The van der Waals surface area contributed by atoms with Gasteiger partial charge in [0.2, 0.25) is 5.91 Å². The van der Waals surface area contributed by atoms with Crippen LogP contribution >= 0.6 is 0 Å². The Hall–Kier alpha value is -0.620. The van der Waals surface area contributed by atoms with E-state index in [0.717, 1.165) is 12.8 Å². The van der Waals surface area contributed by atoms with Crippen LogP contribution in [0.25, 0.3) is 0 Å². The van der Waals surface area contributed by atoms with Gasteiger partial charge in [-0.3, -0.25) is 4.79 Å². The summed E-state index contributed by atoms with van der Waals surface area (Å²) in [7, 11) is -3.25. The Morgan fingerprint density at radius 2 is 1.73 bits per heavy atom. The van der Waals surface area contributed by atoms with Gasteiger partial charge >= 0.3 is 0 Å². The molecule has 1 fully saturated rings. The number of hydrogen-bond donors (Lipinski definition) is 2. The number of carbonyl (C=O) groups is 1. The van der Waals surface area contributed by atoms with Gasteiger partial charge < -0.3 is 10.6 Å². The summed E-state index contributed by atoms with van der Waals surface area (Å²) in [4.78, 5) is 11.7. The highest BCUT2D eigenvalue weighted by molar-refractivity contribution is 7.92. The van der Waals surface area contributed by atoms with E-state index < -0.39 is 9.84 Å². The molecule has 5 nitrogen and oxygen atoms in total. The highest BCUT2D eigenvalue weighted by Gasteiger charge is 2.16. The maximum atomic E-state index is 11.8. The molecule has 0 spiro atoms. The van der Waals surface area contributed by atoms with Crippen molar-refractivity contribution < 1.29 is 13.2 Å². The van der Waals surface area contributed by atoms with Crippen molar-refractivity contribution in [3.63, 3.8) is 0 Å². The molecule has 0 bridgehead atoms. The minimum Gasteiger partial charge on any atom is -0.354 e. The minimum absolute atomic E-state index is 0.120. The van der Waals surface area contributed by atoms with Crippen molar-refractivity contribution in [3.05, 3.63) is 0 Å². The first kappa shape index (κ1) is 19.4. The van der Waals surface area contributed by atoms with E-state index in [1.54, 1.807) is 0 Å². The molecule has 0 saturated heterocycles. The summed E-state index contributed by atoms with van der Waals surface area (Å²) in [6.07, 6.45) is 10.1. The molecular weight excluding hydrogens is 300 g/mol. The van der Waals surface area contributed by atoms with Crippen molar-refractivity contribution in [1.82, 2.24) is 10.6 Å². The van der Waals surface area contributed by atoms with E-state index in [9.17, 15) is 13.2 Å². The van der Waals surface area contributed by atoms with Crippen LogP contribution in [0.5, 0.6) is 0 Å². The lowest BCUT2D eigenvalue weighted by molar-refractivity contribution is -0.118. The molecule has 1 aliphatic rings. The molecule has 0 heterocycles. The Bertz CT molecular complexity index is 402. The lowest BCUT2D eigenvalue weighted by Crippen LogP contribution is -2.39. The van der Waals surface area contributed by atoms with Gasteiger partial charge in [-0.15, -0.1) is 0 Å². The van der Waals surface area contributed by atoms with Gasteiger partial charge in [-0.2, -0.15) is 0 Å². The predicted molar refractivity (Wildman–Crippen MR) is 90.7 cm³/mol.